The first-order chi connectivity index (χ1) is 16.5. The highest BCUT2D eigenvalue weighted by Gasteiger charge is 2.19. The second-order valence-electron chi connectivity index (χ2n) is 8.58. The number of rotatable bonds is 6. The Bertz CT molecular complexity index is 1310. The number of anilines is 2. The van der Waals surface area contributed by atoms with Gasteiger partial charge in [-0.15, -0.1) is 0 Å². The van der Waals surface area contributed by atoms with Gasteiger partial charge in [-0.2, -0.15) is 5.26 Å². The van der Waals surface area contributed by atoms with Crippen molar-refractivity contribution in [1.82, 2.24) is 4.98 Å². The van der Waals surface area contributed by atoms with Crippen molar-refractivity contribution < 1.29 is 23.5 Å². The number of benzene rings is 2. The minimum Gasteiger partial charge on any atom is -0.444 e. The van der Waals surface area contributed by atoms with Crippen molar-refractivity contribution in [3.8, 4) is 17.2 Å². The van der Waals surface area contributed by atoms with Crippen LogP contribution in [-0.4, -0.2) is 28.4 Å². The second-order valence-corrected chi connectivity index (χ2v) is 8.58. The van der Waals surface area contributed by atoms with Crippen LogP contribution < -0.4 is 10.6 Å². The molecule has 0 fully saturated rings. The van der Waals surface area contributed by atoms with Crippen molar-refractivity contribution in [1.29, 1.82) is 5.26 Å². The topological polar surface area (TPSA) is 121 Å². The molecule has 0 atom stereocenters. The number of amides is 2. The molecule has 2 amide bonds. The molecule has 0 aliphatic heterocycles. The molecule has 1 heterocycles. The number of carbonyl (C=O) groups excluding carboxylic acids is 3. The summed E-state index contributed by atoms with van der Waals surface area (Å²) in [6.45, 7) is 5.15. The van der Waals surface area contributed by atoms with Gasteiger partial charge in [0.1, 0.15) is 23.2 Å². The number of hydrogen-bond donors (Lipinski definition) is 2. The molecule has 0 saturated carbocycles. The Balaban J connectivity index is 1.85. The van der Waals surface area contributed by atoms with Crippen LogP contribution in [0.25, 0.3) is 11.1 Å². The van der Waals surface area contributed by atoms with E-state index in [0.717, 1.165) is 0 Å². The van der Waals surface area contributed by atoms with Crippen LogP contribution in [-0.2, 0) is 9.53 Å². The summed E-state index contributed by atoms with van der Waals surface area (Å²) < 4.78 is 18.6. The Morgan fingerprint density at radius 2 is 1.66 bits per heavy atom. The summed E-state index contributed by atoms with van der Waals surface area (Å²) >= 11 is 0. The zero-order chi connectivity index (χ0) is 25.6. The highest BCUT2D eigenvalue weighted by molar-refractivity contribution is 6.12. The minimum absolute atomic E-state index is 0.0621. The summed E-state index contributed by atoms with van der Waals surface area (Å²) in [7, 11) is 0. The Kier molecular flexibility index (Phi) is 7.56. The average Bonchev–Trinajstić information content (AvgIpc) is 2.79. The van der Waals surface area contributed by atoms with Crippen LogP contribution in [0.5, 0.6) is 0 Å². The molecule has 0 aliphatic rings. The molecule has 2 N–H and O–H groups in total. The van der Waals surface area contributed by atoms with Crippen molar-refractivity contribution in [2.45, 2.75) is 32.8 Å². The number of aromatic nitrogens is 1. The van der Waals surface area contributed by atoms with E-state index in [1.165, 1.54) is 30.5 Å². The molecule has 3 aromatic rings. The summed E-state index contributed by atoms with van der Waals surface area (Å²) in [6, 6.07) is 15.2. The molecule has 0 unspecified atom stereocenters. The third kappa shape index (κ3) is 7.20. The SMILES string of the molecule is CC(C)(C)OC(=O)Nc1ccc(-c2ccc(F)cc2)cc1NC(=O)CC(=O)c1ccnc(C#N)c1. The Morgan fingerprint density at radius 3 is 2.31 bits per heavy atom. The number of halogens is 1. The first-order valence-corrected chi connectivity index (χ1v) is 10.6. The predicted octanol–water partition coefficient (Wildman–Crippen LogP) is 5.32. The Morgan fingerprint density at radius 1 is 0.971 bits per heavy atom. The monoisotopic (exact) mass is 474 g/mol. The van der Waals surface area contributed by atoms with E-state index >= 15 is 0 Å². The lowest BCUT2D eigenvalue weighted by atomic mass is 10.0. The minimum atomic E-state index is -0.735. The molecule has 178 valence electrons. The molecular formula is C26H23FN4O4. The van der Waals surface area contributed by atoms with E-state index in [-0.39, 0.29) is 28.4 Å². The van der Waals surface area contributed by atoms with Gasteiger partial charge in [0.15, 0.2) is 5.78 Å². The molecule has 0 radical (unpaired) electrons. The van der Waals surface area contributed by atoms with Crippen molar-refractivity contribution in [2.75, 3.05) is 10.6 Å². The first-order valence-electron chi connectivity index (χ1n) is 10.6. The van der Waals surface area contributed by atoms with Crippen LogP contribution in [0.4, 0.5) is 20.6 Å². The quantitative estimate of drug-likeness (QED) is 0.368. The van der Waals surface area contributed by atoms with Crippen molar-refractivity contribution in [3.05, 3.63) is 77.9 Å². The normalized spacial score (nSPS) is 10.7. The lowest BCUT2D eigenvalue weighted by Gasteiger charge is -2.21. The van der Waals surface area contributed by atoms with Gasteiger partial charge in [0.05, 0.1) is 17.8 Å². The van der Waals surface area contributed by atoms with E-state index in [1.54, 1.807) is 51.1 Å². The molecule has 1 aromatic heterocycles. The second kappa shape index (κ2) is 10.6. The summed E-state index contributed by atoms with van der Waals surface area (Å²) in [4.78, 5) is 41.3. The molecule has 2 aromatic carbocycles. The lowest BCUT2D eigenvalue weighted by Crippen LogP contribution is -2.27. The third-order valence-corrected chi connectivity index (χ3v) is 4.62. The van der Waals surface area contributed by atoms with Gasteiger partial charge >= 0.3 is 6.09 Å². The Labute approximate surface area is 201 Å². The number of carbonyl (C=O) groups is 3. The first kappa shape index (κ1) is 25.1. The van der Waals surface area contributed by atoms with Gasteiger partial charge in [-0.05, 0) is 68.3 Å². The van der Waals surface area contributed by atoms with E-state index in [0.29, 0.717) is 11.1 Å². The largest absolute Gasteiger partial charge is 0.444 e. The number of ether oxygens (including phenoxy) is 1. The van der Waals surface area contributed by atoms with Gasteiger partial charge in [-0.3, -0.25) is 14.9 Å². The standard InChI is InChI=1S/C26H23FN4O4/c1-26(2,3)35-25(34)31-21-9-6-17(16-4-7-19(27)8-5-16)13-22(21)30-24(33)14-23(32)18-10-11-29-20(12-18)15-28/h4-13H,14H2,1-3H3,(H,30,33)(H,31,34). The van der Waals surface area contributed by atoms with Gasteiger partial charge in [0.25, 0.3) is 0 Å². The predicted molar refractivity (Wildman–Crippen MR) is 128 cm³/mol. The molecule has 3 rings (SSSR count). The van der Waals surface area contributed by atoms with Crippen LogP contribution in [0.3, 0.4) is 0 Å². The highest BCUT2D eigenvalue weighted by Crippen LogP contribution is 2.30. The molecular weight excluding hydrogens is 451 g/mol. The Hall–Kier alpha value is -4.58. The summed E-state index contributed by atoms with van der Waals surface area (Å²) in [6.07, 6.45) is 0.0969. The number of nitrogens with zero attached hydrogens (tertiary/aromatic N) is 2. The molecule has 0 aliphatic carbocycles. The fourth-order valence-corrected chi connectivity index (χ4v) is 3.10. The molecule has 0 bridgehead atoms. The number of nitrogens with one attached hydrogen (secondary N) is 2. The molecule has 8 nitrogen and oxygen atoms in total. The van der Waals surface area contributed by atoms with Crippen LogP contribution in [0.15, 0.2) is 60.8 Å². The number of pyridine rings is 1. The van der Waals surface area contributed by atoms with Crippen LogP contribution in [0, 0.1) is 17.1 Å². The number of Topliss-reactive ketones (excluding diaryl/α,β-unsaturated/α-hetero) is 1. The van der Waals surface area contributed by atoms with Crippen molar-refractivity contribution in [2.24, 2.45) is 0 Å². The van der Waals surface area contributed by atoms with Gasteiger partial charge < -0.3 is 10.1 Å². The van der Waals surface area contributed by atoms with E-state index in [2.05, 4.69) is 15.6 Å². The van der Waals surface area contributed by atoms with Gasteiger partial charge in [0, 0.05) is 11.8 Å². The highest BCUT2D eigenvalue weighted by atomic mass is 19.1. The van der Waals surface area contributed by atoms with E-state index < -0.39 is 29.8 Å². The van der Waals surface area contributed by atoms with E-state index in [9.17, 15) is 18.8 Å². The lowest BCUT2D eigenvalue weighted by molar-refractivity contribution is -0.115. The smallest absolute Gasteiger partial charge is 0.412 e. The summed E-state index contributed by atoms with van der Waals surface area (Å²) in [5.41, 5.74) is 1.31. The van der Waals surface area contributed by atoms with Crippen LogP contribution in [0.1, 0.15) is 43.2 Å². The molecule has 35 heavy (non-hydrogen) atoms. The number of hydrogen-bond acceptors (Lipinski definition) is 6. The maximum Gasteiger partial charge on any atom is 0.412 e. The average molecular weight is 474 g/mol. The van der Waals surface area contributed by atoms with E-state index in [1.807, 2.05) is 6.07 Å². The molecule has 9 heteroatoms. The number of ketones is 1. The zero-order valence-corrected chi connectivity index (χ0v) is 19.4. The van der Waals surface area contributed by atoms with Crippen LogP contribution >= 0.6 is 0 Å². The maximum atomic E-state index is 13.3. The van der Waals surface area contributed by atoms with Gasteiger partial charge in [-0.25, -0.2) is 14.2 Å². The van der Waals surface area contributed by atoms with Crippen molar-refractivity contribution >= 4 is 29.2 Å². The maximum absolute atomic E-state index is 13.3. The van der Waals surface area contributed by atoms with E-state index in [4.69, 9.17) is 10.00 Å². The number of nitriles is 1. The summed E-state index contributed by atoms with van der Waals surface area (Å²) in [5.74, 6) is -1.52. The summed E-state index contributed by atoms with van der Waals surface area (Å²) in [5, 5.41) is 14.2. The zero-order valence-electron chi connectivity index (χ0n) is 19.4. The van der Waals surface area contributed by atoms with Gasteiger partial charge in [0.2, 0.25) is 5.91 Å². The van der Waals surface area contributed by atoms with Crippen molar-refractivity contribution in [3.63, 3.8) is 0 Å². The molecule has 0 spiro atoms. The fraction of sp³-hybridized carbons (Fsp3) is 0.192. The molecule has 0 saturated heterocycles. The van der Waals surface area contributed by atoms with Gasteiger partial charge in [-0.1, -0.05) is 18.2 Å². The fourth-order valence-electron chi connectivity index (χ4n) is 3.10. The third-order valence-electron chi connectivity index (χ3n) is 4.62. The van der Waals surface area contributed by atoms with Crippen LogP contribution in [0.2, 0.25) is 0 Å².